The van der Waals surface area contributed by atoms with E-state index in [-0.39, 0.29) is 0 Å². The largest absolute Gasteiger partial charge is 0.385 e. The van der Waals surface area contributed by atoms with E-state index >= 15 is 0 Å². The van der Waals surface area contributed by atoms with Crippen molar-refractivity contribution in [2.24, 2.45) is 0 Å². The summed E-state index contributed by atoms with van der Waals surface area (Å²) in [4.78, 5) is 4.64. The van der Waals surface area contributed by atoms with Gasteiger partial charge in [0.1, 0.15) is 5.82 Å². The van der Waals surface area contributed by atoms with Crippen molar-refractivity contribution in [1.29, 1.82) is 0 Å². The SMILES string of the molecule is COCCCNc1cc(C(C)C)nc2cc(C)nn12. The molecule has 0 bridgehead atoms. The Hall–Kier alpha value is -1.62. The van der Waals surface area contributed by atoms with Crippen LogP contribution in [0.3, 0.4) is 0 Å². The molecule has 0 atom stereocenters. The molecule has 0 unspecified atom stereocenters. The van der Waals surface area contributed by atoms with Gasteiger partial charge in [-0.25, -0.2) is 4.98 Å². The predicted octanol–water partition coefficient (Wildman–Crippen LogP) is 2.61. The van der Waals surface area contributed by atoms with Crippen molar-refractivity contribution in [1.82, 2.24) is 14.6 Å². The zero-order valence-electron chi connectivity index (χ0n) is 12.1. The van der Waals surface area contributed by atoms with Gasteiger partial charge in [-0.05, 0) is 19.3 Å². The van der Waals surface area contributed by atoms with Crippen LogP contribution in [0, 0.1) is 6.92 Å². The van der Waals surface area contributed by atoms with Crippen LogP contribution >= 0.6 is 0 Å². The Morgan fingerprint density at radius 3 is 2.84 bits per heavy atom. The van der Waals surface area contributed by atoms with E-state index in [1.54, 1.807) is 7.11 Å². The van der Waals surface area contributed by atoms with Gasteiger partial charge in [0.25, 0.3) is 0 Å². The molecule has 1 N–H and O–H groups in total. The average Bonchev–Trinajstić information content (AvgIpc) is 2.74. The third-order valence-corrected chi connectivity index (χ3v) is 2.99. The lowest BCUT2D eigenvalue weighted by Crippen LogP contribution is -2.10. The number of hydrogen-bond acceptors (Lipinski definition) is 4. The smallest absolute Gasteiger partial charge is 0.157 e. The highest BCUT2D eigenvalue weighted by Crippen LogP contribution is 2.19. The number of fused-ring (bicyclic) bond motifs is 1. The van der Waals surface area contributed by atoms with E-state index in [0.717, 1.165) is 42.4 Å². The van der Waals surface area contributed by atoms with Crippen molar-refractivity contribution in [3.63, 3.8) is 0 Å². The predicted molar refractivity (Wildman–Crippen MR) is 76.8 cm³/mol. The maximum Gasteiger partial charge on any atom is 0.157 e. The molecule has 0 amide bonds. The molecule has 0 saturated carbocycles. The van der Waals surface area contributed by atoms with E-state index in [0.29, 0.717) is 5.92 Å². The number of nitrogens with zero attached hydrogens (tertiary/aromatic N) is 3. The van der Waals surface area contributed by atoms with Crippen LogP contribution in [0.5, 0.6) is 0 Å². The van der Waals surface area contributed by atoms with Crippen LogP contribution in [0.15, 0.2) is 12.1 Å². The zero-order chi connectivity index (χ0) is 13.8. The quantitative estimate of drug-likeness (QED) is 0.813. The molecule has 2 rings (SSSR count). The van der Waals surface area contributed by atoms with Gasteiger partial charge in [0.2, 0.25) is 0 Å². The molecule has 104 valence electrons. The lowest BCUT2D eigenvalue weighted by Gasteiger charge is -2.11. The molecule has 2 heterocycles. The first-order valence-corrected chi connectivity index (χ1v) is 6.72. The van der Waals surface area contributed by atoms with Gasteiger partial charge in [-0.3, -0.25) is 0 Å². The fourth-order valence-electron chi connectivity index (χ4n) is 1.96. The van der Waals surface area contributed by atoms with E-state index in [1.165, 1.54) is 0 Å². The molecule has 0 aliphatic heterocycles. The number of methoxy groups -OCH3 is 1. The Morgan fingerprint density at radius 1 is 1.37 bits per heavy atom. The maximum absolute atomic E-state index is 5.06. The molecule has 2 aromatic heterocycles. The van der Waals surface area contributed by atoms with Crippen molar-refractivity contribution < 1.29 is 4.74 Å². The molecular formula is C14H22N4O. The van der Waals surface area contributed by atoms with Crippen LogP contribution in [0.25, 0.3) is 5.65 Å². The first-order valence-electron chi connectivity index (χ1n) is 6.72. The van der Waals surface area contributed by atoms with Gasteiger partial charge in [0.05, 0.1) is 5.69 Å². The normalized spacial score (nSPS) is 11.4. The van der Waals surface area contributed by atoms with Gasteiger partial charge < -0.3 is 10.1 Å². The second kappa shape index (κ2) is 6.02. The molecule has 19 heavy (non-hydrogen) atoms. The second-order valence-corrected chi connectivity index (χ2v) is 5.05. The van der Waals surface area contributed by atoms with Gasteiger partial charge >= 0.3 is 0 Å². The molecule has 0 radical (unpaired) electrons. The van der Waals surface area contributed by atoms with Crippen LogP contribution < -0.4 is 5.32 Å². The number of rotatable bonds is 6. The molecule has 5 heteroatoms. The van der Waals surface area contributed by atoms with E-state index in [1.807, 2.05) is 17.5 Å². The van der Waals surface area contributed by atoms with E-state index in [9.17, 15) is 0 Å². The monoisotopic (exact) mass is 262 g/mol. The summed E-state index contributed by atoms with van der Waals surface area (Å²) in [6.45, 7) is 7.91. The molecule has 0 fully saturated rings. The first-order chi connectivity index (χ1) is 9.11. The van der Waals surface area contributed by atoms with Crippen LogP contribution in [0.1, 0.15) is 37.6 Å². The van der Waals surface area contributed by atoms with Gasteiger partial charge in [-0.15, -0.1) is 0 Å². The van der Waals surface area contributed by atoms with Crippen molar-refractivity contribution >= 4 is 11.5 Å². The van der Waals surface area contributed by atoms with Gasteiger partial charge in [0, 0.05) is 38.1 Å². The Morgan fingerprint density at radius 2 is 2.16 bits per heavy atom. The topological polar surface area (TPSA) is 51.5 Å². The van der Waals surface area contributed by atoms with Crippen LogP contribution in [0.2, 0.25) is 0 Å². The molecule has 0 aliphatic rings. The third kappa shape index (κ3) is 3.23. The molecule has 0 aromatic carbocycles. The summed E-state index contributed by atoms with van der Waals surface area (Å²) in [5.74, 6) is 1.40. The Labute approximate surface area is 114 Å². The molecule has 0 saturated heterocycles. The summed E-state index contributed by atoms with van der Waals surface area (Å²) in [5.41, 5.74) is 2.97. The van der Waals surface area contributed by atoms with Gasteiger partial charge in [0.15, 0.2) is 5.65 Å². The number of hydrogen-bond donors (Lipinski definition) is 1. The summed E-state index contributed by atoms with van der Waals surface area (Å²) < 4.78 is 6.93. The Balaban J connectivity index is 2.28. The number of nitrogens with one attached hydrogen (secondary N) is 1. The summed E-state index contributed by atoms with van der Waals surface area (Å²) in [5, 5.41) is 7.88. The molecule has 0 spiro atoms. The number of aryl methyl sites for hydroxylation is 1. The van der Waals surface area contributed by atoms with Crippen LogP contribution in [0.4, 0.5) is 5.82 Å². The Kier molecular flexibility index (Phi) is 4.37. The number of aromatic nitrogens is 3. The second-order valence-electron chi connectivity index (χ2n) is 5.05. The summed E-state index contributed by atoms with van der Waals surface area (Å²) in [6, 6.07) is 4.09. The third-order valence-electron chi connectivity index (χ3n) is 2.99. The Bertz CT molecular complexity index is 548. The zero-order valence-corrected chi connectivity index (χ0v) is 12.1. The minimum Gasteiger partial charge on any atom is -0.385 e. The average molecular weight is 262 g/mol. The minimum atomic E-state index is 0.403. The van der Waals surface area contributed by atoms with E-state index < -0.39 is 0 Å². The first kappa shape index (κ1) is 13.8. The minimum absolute atomic E-state index is 0.403. The van der Waals surface area contributed by atoms with Crippen molar-refractivity contribution in [2.45, 2.75) is 33.1 Å². The number of anilines is 1. The van der Waals surface area contributed by atoms with Crippen molar-refractivity contribution in [3.05, 3.63) is 23.5 Å². The summed E-state index contributed by atoms with van der Waals surface area (Å²) in [6.07, 6.45) is 0.970. The van der Waals surface area contributed by atoms with Crippen molar-refractivity contribution in [3.8, 4) is 0 Å². The van der Waals surface area contributed by atoms with Crippen LogP contribution in [-0.2, 0) is 4.74 Å². The summed E-state index contributed by atoms with van der Waals surface area (Å²) >= 11 is 0. The highest BCUT2D eigenvalue weighted by atomic mass is 16.5. The number of ether oxygens (including phenoxy) is 1. The molecule has 2 aromatic rings. The molecule has 5 nitrogen and oxygen atoms in total. The van der Waals surface area contributed by atoms with Crippen LogP contribution in [-0.4, -0.2) is 34.9 Å². The van der Waals surface area contributed by atoms with Crippen molar-refractivity contribution in [2.75, 3.05) is 25.6 Å². The fraction of sp³-hybridized carbons (Fsp3) is 0.571. The van der Waals surface area contributed by atoms with Gasteiger partial charge in [-0.2, -0.15) is 9.61 Å². The lowest BCUT2D eigenvalue weighted by molar-refractivity contribution is 0.197. The lowest BCUT2D eigenvalue weighted by atomic mass is 10.1. The standard InChI is InChI=1S/C14H22N4O/c1-10(2)12-9-13(15-6-5-7-19-4)18-14(16-12)8-11(3)17-18/h8-10,15H,5-7H2,1-4H3. The van der Waals surface area contributed by atoms with E-state index in [2.05, 4.69) is 35.3 Å². The summed E-state index contributed by atoms with van der Waals surface area (Å²) in [7, 11) is 1.72. The highest BCUT2D eigenvalue weighted by Gasteiger charge is 2.09. The highest BCUT2D eigenvalue weighted by molar-refractivity contribution is 5.50. The maximum atomic E-state index is 5.06. The fourth-order valence-corrected chi connectivity index (χ4v) is 1.96. The molecular weight excluding hydrogens is 240 g/mol. The van der Waals surface area contributed by atoms with Gasteiger partial charge in [-0.1, -0.05) is 13.8 Å². The van der Waals surface area contributed by atoms with E-state index in [4.69, 9.17) is 4.74 Å². The molecule has 0 aliphatic carbocycles.